The average molecular weight is 347 g/mol. The maximum atomic E-state index is 13.2. The summed E-state index contributed by atoms with van der Waals surface area (Å²) in [5, 5.41) is 3.33. The van der Waals surface area contributed by atoms with Crippen LogP contribution in [0.5, 0.6) is 0 Å². The second kappa shape index (κ2) is 6.76. The van der Waals surface area contributed by atoms with Gasteiger partial charge in [-0.25, -0.2) is 9.37 Å². The lowest BCUT2D eigenvalue weighted by molar-refractivity contribution is -0.116. The Balaban J connectivity index is 1.75. The van der Waals surface area contributed by atoms with Crippen molar-refractivity contribution in [3.63, 3.8) is 0 Å². The number of rotatable bonds is 4. The van der Waals surface area contributed by atoms with Gasteiger partial charge in [-0.3, -0.25) is 14.2 Å². The van der Waals surface area contributed by atoms with E-state index in [0.29, 0.717) is 16.6 Å². The number of hydrogen-bond acceptors (Lipinski definition) is 4. The maximum Gasteiger partial charge on any atom is 0.254 e. The van der Waals surface area contributed by atoms with Gasteiger partial charge in [-0.2, -0.15) is 0 Å². The molecule has 3 rings (SSSR count). The van der Waals surface area contributed by atoms with Crippen molar-refractivity contribution in [2.45, 2.75) is 37.4 Å². The minimum atomic E-state index is -0.406. The van der Waals surface area contributed by atoms with E-state index < -0.39 is 5.82 Å². The predicted octanol–water partition coefficient (Wildman–Crippen LogP) is 3.18. The number of carbonyl (C=O) groups is 1. The van der Waals surface area contributed by atoms with Gasteiger partial charge in [0.25, 0.3) is 5.56 Å². The summed E-state index contributed by atoms with van der Waals surface area (Å²) in [6.07, 6.45) is 0.152. The molecule has 126 valence electrons. The first kappa shape index (κ1) is 16.7. The minimum absolute atomic E-state index is 0.128. The molecular formula is C17H18FN3O2S. The lowest BCUT2D eigenvalue weighted by Crippen LogP contribution is -2.28. The summed E-state index contributed by atoms with van der Waals surface area (Å²) in [7, 11) is 0. The summed E-state index contributed by atoms with van der Waals surface area (Å²) in [6, 6.07) is 7.04. The molecule has 5 nitrogen and oxygen atoms in total. The first-order valence-corrected chi connectivity index (χ1v) is 8.74. The quantitative estimate of drug-likeness (QED) is 0.863. The Kier molecular flexibility index (Phi) is 4.71. The Bertz CT molecular complexity index is 835. The molecule has 1 aromatic heterocycles. The third kappa shape index (κ3) is 3.51. The minimum Gasteiger partial charge on any atom is -0.326 e. The summed E-state index contributed by atoms with van der Waals surface area (Å²) in [4.78, 5) is 29.1. The number of thioether (sulfide) groups is 1. The Morgan fingerprint density at radius 1 is 1.46 bits per heavy atom. The zero-order valence-electron chi connectivity index (χ0n) is 13.5. The van der Waals surface area contributed by atoms with Crippen LogP contribution in [0.1, 0.15) is 37.9 Å². The Hall–Kier alpha value is -2.15. The van der Waals surface area contributed by atoms with Gasteiger partial charge in [-0.15, -0.1) is 0 Å². The van der Waals surface area contributed by atoms with E-state index in [0.717, 1.165) is 5.69 Å². The molecule has 1 N–H and O–H groups in total. The van der Waals surface area contributed by atoms with E-state index in [1.165, 1.54) is 36.0 Å². The number of hydrogen-bond donors (Lipinski definition) is 1. The van der Waals surface area contributed by atoms with Gasteiger partial charge >= 0.3 is 0 Å². The molecule has 0 saturated heterocycles. The molecule has 0 radical (unpaired) electrons. The van der Waals surface area contributed by atoms with Crippen molar-refractivity contribution < 1.29 is 9.18 Å². The number of anilines is 1. The van der Waals surface area contributed by atoms with Crippen LogP contribution in [0.25, 0.3) is 0 Å². The van der Waals surface area contributed by atoms with Crippen molar-refractivity contribution >= 4 is 23.4 Å². The maximum absolute atomic E-state index is 13.2. The molecule has 7 heteroatoms. The summed E-state index contributed by atoms with van der Waals surface area (Å²) in [5.74, 6) is 0.148. The second-order valence-corrected chi connectivity index (χ2v) is 7.04. The highest BCUT2D eigenvalue weighted by molar-refractivity contribution is 7.99. The fourth-order valence-electron chi connectivity index (χ4n) is 2.61. The van der Waals surface area contributed by atoms with Gasteiger partial charge < -0.3 is 5.32 Å². The van der Waals surface area contributed by atoms with Crippen LogP contribution in [0.4, 0.5) is 10.1 Å². The first-order chi connectivity index (χ1) is 11.4. The number of amides is 1. The predicted molar refractivity (Wildman–Crippen MR) is 92.0 cm³/mol. The summed E-state index contributed by atoms with van der Waals surface area (Å²) in [6.45, 7) is 3.98. The van der Waals surface area contributed by atoms with Crippen LogP contribution in [0.3, 0.4) is 0 Å². The van der Waals surface area contributed by atoms with E-state index in [-0.39, 0.29) is 29.8 Å². The highest BCUT2D eigenvalue weighted by Crippen LogP contribution is 2.32. The molecule has 2 heterocycles. The molecule has 1 aliphatic heterocycles. The topological polar surface area (TPSA) is 64.0 Å². The third-order valence-electron chi connectivity index (χ3n) is 3.83. The van der Waals surface area contributed by atoms with Crippen molar-refractivity contribution in [3.05, 3.63) is 52.2 Å². The van der Waals surface area contributed by atoms with Crippen molar-refractivity contribution in [2.75, 3.05) is 11.1 Å². The number of aromatic nitrogens is 2. The number of nitrogens with one attached hydrogen (secondary N) is 1. The van der Waals surface area contributed by atoms with Gasteiger partial charge in [0.1, 0.15) is 5.82 Å². The fraction of sp³-hybridized carbons (Fsp3) is 0.353. The van der Waals surface area contributed by atoms with E-state index in [9.17, 15) is 14.0 Å². The molecule has 0 saturated carbocycles. The van der Waals surface area contributed by atoms with Crippen molar-refractivity contribution in [3.8, 4) is 0 Å². The molecule has 1 atom stereocenters. The van der Waals surface area contributed by atoms with Crippen LogP contribution in [0.2, 0.25) is 0 Å². The first-order valence-electron chi connectivity index (χ1n) is 7.75. The Morgan fingerprint density at radius 3 is 2.96 bits per heavy atom. The second-order valence-electron chi connectivity index (χ2n) is 6.05. The molecule has 0 aliphatic carbocycles. The van der Waals surface area contributed by atoms with E-state index in [1.807, 2.05) is 13.8 Å². The molecule has 0 unspecified atom stereocenters. The van der Waals surface area contributed by atoms with E-state index in [4.69, 9.17) is 0 Å². The van der Waals surface area contributed by atoms with Crippen LogP contribution in [-0.4, -0.2) is 21.2 Å². The van der Waals surface area contributed by atoms with Gasteiger partial charge in [-0.05, 0) is 24.1 Å². The lowest BCUT2D eigenvalue weighted by atomic mass is 10.1. The van der Waals surface area contributed by atoms with Crippen molar-refractivity contribution in [2.24, 2.45) is 0 Å². The SMILES string of the molecule is CC(C)c1cc(=O)n2c(n1)SC[C@H]2CC(=O)Nc1cccc(F)c1. The molecule has 0 bridgehead atoms. The van der Waals surface area contributed by atoms with Crippen molar-refractivity contribution in [1.82, 2.24) is 9.55 Å². The highest BCUT2D eigenvalue weighted by Gasteiger charge is 2.28. The molecule has 0 fully saturated rings. The van der Waals surface area contributed by atoms with Crippen LogP contribution >= 0.6 is 11.8 Å². The molecule has 1 aromatic carbocycles. The normalized spacial score (nSPS) is 16.2. The molecule has 0 spiro atoms. The summed E-state index contributed by atoms with van der Waals surface area (Å²) >= 11 is 1.48. The number of nitrogens with zero attached hydrogens (tertiary/aromatic N) is 2. The zero-order chi connectivity index (χ0) is 17.3. The van der Waals surface area contributed by atoms with Gasteiger partial charge in [-0.1, -0.05) is 31.7 Å². The lowest BCUT2D eigenvalue weighted by Gasteiger charge is -2.14. The number of benzene rings is 1. The van der Waals surface area contributed by atoms with E-state index >= 15 is 0 Å². The number of carbonyl (C=O) groups excluding carboxylic acids is 1. The van der Waals surface area contributed by atoms with E-state index in [1.54, 1.807) is 10.6 Å². The summed E-state index contributed by atoms with van der Waals surface area (Å²) in [5.41, 5.74) is 1.05. The Morgan fingerprint density at radius 2 is 2.25 bits per heavy atom. The van der Waals surface area contributed by atoms with Gasteiger partial charge in [0.2, 0.25) is 5.91 Å². The van der Waals surface area contributed by atoms with Gasteiger partial charge in [0.05, 0.1) is 11.7 Å². The Labute approximate surface area is 143 Å². The molecular weight excluding hydrogens is 329 g/mol. The number of halogens is 1. The fourth-order valence-corrected chi connectivity index (χ4v) is 3.76. The third-order valence-corrected chi connectivity index (χ3v) is 4.93. The van der Waals surface area contributed by atoms with E-state index in [2.05, 4.69) is 10.3 Å². The van der Waals surface area contributed by atoms with Gasteiger partial charge in [0, 0.05) is 23.9 Å². The monoisotopic (exact) mass is 347 g/mol. The molecule has 1 amide bonds. The smallest absolute Gasteiger partial charge is 0.254 e. The molecule has 1 aliphatic rings. The molecule has 2 aromatic rings. The highest BCUT2D eigenvalue weighted by atomic mass is 32.2. The average Bonchev–Trinajstić information content (AvgIpc) is 2.90. The largest absolute Gasteiger partial charge is 0.326 e. The van der Waals surface area contributed by atoms with Crippen LogP contribution in [0, 0.1) is 5.82 Å². The van der Waals surface area contributed by atoms with Crippen LogP contribution in [0.15, 0.2) is 40.3 Å². The van der Waals surface area contributed by atoms with Crippen LogP contribution < -0.4 is 10.9 Å². The number of fused-ring (bicyclic) bond motifs is 1. The zero-order valence-corrected chi connectivity index (χ0v) is 14.3. The van der Waals surface area contributed by atoms with Gasteiger partial charge in [0.15, 0.2) is 5.16 Å². The summed E-state index contributed by atoms with van der Waals surface area (Å²) < 4.78 is 14.8. The molecule has 24 heavy (non-hydrogen) atoms. The van der Waals surface area contributed by atoms with Crippen molar-refractivity contribution in [1.29, 1.82) is 0 Å². The standard InChI is InChI=1S/C17H18FN3O2S/c1-10(2)14-8-16(23)21-13(9-24-17(21)20-14)7-15(22)19-12-5-3-4-11(18)6-12/h3-6,8,10,13H,7,9H2,1-2H3,(H,19,22)/t13-/m1/s1. The van der Waals surface area contributed by atoms with Crippen LogP contribution in [-0.2, 0) is 4.79 Å².